The van der Waals surface area contributed by atoms with Crippen molar-refractivity contribution < 1.29 is 4.74 Å². The van der Waals surface area contributed by atoms with Gasteiger partial charge >= 0.3 is 0 Å². The number of hydrogen-bond acceptors (Lipinski definition) is 2. The van der Waals surface area contributed by atoms with E-state index in [1.165, 1.54) is 0 Å². The Hall–Kier alpha value is -0.570. The molecule has 0 aliphatic heterocycles. The molecule has 3 heteroatoms. The number of nitrogens with two attached hydrogens (primary N) is 1. The summed E-state index contributed by atoms with van der Waals surface area (Å²) in [7, 11) is 0. The molecule has 54 valence electrons. The van der Waals surface area contributed by atoms with Gasteiger partial charge in [0.25, 0.3) is 0 Å². The lowest BCUT2D eigenvalue weighted by Crippen LogP contribution is -2.40. The fourth-order valence-electron chi connectivity index (χ4n) is 0.439. The molecule has 0 aliphatic rings. The molecule has 9 heavy (non-hydrogen) atoms. The summed E-state index contributed by atoms with van der Waals surface area (Å²) in [6, 6.07) is 0. The molecule has 0 unspecified atom stereocenters. The lowest BCUT2D eigenvalue weighted by molar-refractivity contribution is 0.0425. The Morgan fingerprint density at radius 2 is 2.11 bits per heavy atom. The topological polar surface area (TPSA) is 59.1 Å². The van der Waals surface area contributed by atoms with Gasteiger partial charge in [-0.3, -0.25) is 5.41 Å². The molecule has 3 N–H and O–H groups in total. The molecular weight excluding hydrogens is 116 g/mol. The van der Waals surface area contributed by atoms with E-state index in [0.717, 1.165) is 0 Å². The summed E-state index contributed by atoms with van der Waals surface area (Å²) < 4.78 is 5.14. The molecule has 3 nitrogen and oxygen atoms in total. The highest BCUT2D eigenvalue weighted by molar-refractivity contribution is 5.85. The van der Waals surface area contributed by atoms with E-state index < -0.39 is 5.60 Å². The van der Waals surface area contributed by atoms with Gasteiger partial charge in [0.15, 0.2) is 0 Å². The van der Waals surface area contributed by atoms with Crippen molar-refractivity contribution in [1.29, 1.82) is 5.41 Å². The molecule has 0 aliphatic carbocycles. The van der Waals surface area contributed by atoms with Gasteiger partial charge in [-0.25, -0.2) is 0 Å². The van der Waals surface area contributed by atoms with Gasteiger partial charge in [0.1, 0.15) is 11.4 Å². The Balaban J connectivity index is 3.85. The molecule has 0 rings (SSSR count). The monoisotopic (exact) mass is 130 g/mol. The van der Waals surface area contributed by atoms with Crippen LogP contribution in [0.1, 0.15) is 20.8 Å². The zero-order chi connectivity index (χ0) is 7.49. The van der Waals surface area contributed by atoms with Gasteiger partial charge in [-0.15, -0.1) is 0 Å². The van der Waals surface area contributed by atoms with E-state index in [1.807, 2.05) is 6.92 Å². The van der Waals surface area contributed by atoms with E-state index in [0.29, 0.717) is 6.61 Å². The lowest BCUT2D eigenvalue weighted by atomic mass is 10.1. The van der Waals surface area contributed by atoms with Crippen LogP contribution in [-0.4, -0.2) is 18.0 Å². The summed E-state index contributed by atoms with van der Waals surface area (Å²) in [4.78, 5) is 0. The quantitative estimate of drug-likeness (QED) is 0.437. The molecule has 0 amide bonds. The second-order valence-corrected chi connectivity index (χ2v) is 2.36. The molecule has 0 spiro atoms. The summed E-state index contributed by atoms with van der Waals surface area (Å²) in [6.45, 7) is 6.02. The molecule has 0 bridgehead atoms. The summed E-state index contributed by atoms with van der Waals surface area (Å²) in [5, 5.41) is 7.05. The largest absolute Gasteiger partial charge is 0.385 e. The van der Waals surface area contributed by atoms with Gasteiger partial charge in [-0.2, -0.15) is 0 Å². The highest BCUT2D eigenvalue weighted by Crippen LogP contribution is 2.06. The first kappa shape index (κ1) is 8.43. The third-order valence-corrected chi connectivity index (χ3v) is 1.15. The minimum Gasteiger partial charge on any atom is -0.385 e. The Morgan fingerprint density at radius 3 is 2.22 bits per heavy atom. The summed E-state index contributed by atoms with van der Waals surface area (Å²) in [6.07, 6.45) is 0. The molecule has 0 heterocycles. The minimum atomic E-state index is -0.589. The number of hydrogen-bond donors (Lipinski definition) is 2. The van der Waals surface area contributed by atoms with Crippen LogP contribution in [0.5, 0.6) is 0 Å². The fourth-order valence-corrected chi connectivity index (χ4v) is 0.439. The Labute approximate surface area is 55.7 Å². The average Bonchev–Trinajstić information content (AvgIpc) is 1.65. The molecule has 0 saturated heterocycles. The van der Waals surface area contributed by atoms with Crippen molar-refractivity contribution in [2.24, 2.45) is 5.73 Å². The van der Waals surface area contributed by atoms with Crippen LogP contribution in [0.4, 0.5) is 0 Å². The van der Waals surface area contributed by atoms with E-state index in [4.69, 9.17) is 15.9 Å². The second kappa shape index (κ2) is 2.82. The van der Waals surface area contributed by atoms with Crippen molar-refractivity contribution in [2.75, 3.05) is 6.61 Å². The van der Waals surface area contributed by atoms with Gasteiger partial charge in [0.05, 0.1) is 0 Å². The Bertz CT molecular complexity index is 110. The standard InChI is InChI=1S/C6H14N2O/c1-4-9-6(2,3)5(7)8/h4H2,1-3H3,(H3,7,8). The number of rotatable bonds is 3. The van der Waals surface area contributed by atoms with Crippen LogP contribution in [0.15, 0.2) is 0 Å². The van der Waals surface area contributed by atoms with Crippen LogP contribution in [0.2, 0.25) is 0 Å². The molecular formula is C6H14N2O. The first-order valence-corrected chi connectivity index (χ1v) is 2.99. The molecule has 0 aromatic rings. The first-order valence-electron chi connectivity index (χ1n) is 2.99. The van der Waals surface area contributed by atoms with Gasteiger partial charge in [-0.05, 0) is 20.8 Å². The maximum atomic E-state index is 7.05. The molecule has 0 atom stereocenters. The van der Waals surface area contributed by atoms with Crippen LogP contribution in [0, 0.1) is 5.41 Å². The number of nitrogens with one attached hydrogen (secondary N) is 1. The lowest BCUT2D eigenvalue weighted by Gasteiger charge is -2.22. The molecule has 0 radical (unpaired) electrons. The smallest absolute Gasteiger partial charge is 0.123 e. The second-order valence-electron chi connectivity index (χ2n) is 2.36. The highest BCUT2D eigenvalue weighted by Gasteiger charge is 2.20. The van der Waals surface area contributed by atoms with E-state index in [2.05, 4.69) is 0 Å². The van der Waals surface area contributed by atoms with E-state index in [1.54, 1.807) is 13.8 Å². The summed E-state index contributed by atoms with van der Waals surface area (Å²) >= 11 is 0. The van der Waals surface area contributed by atoms with E-state index in [9.17, 15) is 0 Å². The summed E-state index contributed by atoms with van der Waals surface area (Å²) in [5.74, 6) is 0.0735. The van der Waals surface area contributed by atoms with Crippen molar-refractivity contribution >= 4 is 5.84 Å². The van der Waals surface area contributed by atoms with Crippen LogP contribution >= 0.6 is 0 Å². The molecule has 0 fully saturated rings. The normalized spacial score (nSPS) is 11.4. The summed E-state index contributed by atoms with van der Waals surface area (Å²) in [5.41, 5.74) is 4.63. The van der Waals surface area contributed by atoms with Crippen molar-refractivity contribution in [1.82, 2.24) is 0 Å². The SMILES string of the molecule is CCOC(C)(C)C(=N)N. The van der Waals surface area contributed by atoms with E-state index >= 15 is 0 Å². The third kappa shape index (κ3) is 2.46. The number of amidine groups is 1. The first-order chi connectivity index (χ1) is 4.00. The van der Waals surface area contributed by atoms with Crippen LogP contribution in [0.25, 0.3) is 0 Å². The Kier molecular flexibility index (Phi) is 2.65. The van der Waals surface area contributed by atoms with Gasteiger partial charge < -0.3 is 10.5 Å². The van der Waals surface area contributed by atoms with E-state index in [-0.39, 0.29) is 5.84 Å². The zero-order valence-corrected chi connectivity index (χ0v) is 6.19. The Morgan fingerprint density at radius 1 is 1.67 bits per heavy atom. The predicted octanol–water partition coefficient (Wildman–Crippen LogP) is 0.737. The van der Waals surface area contributed by atoms with Crippen molar-refractivity contribution in [3.8, 4) is 0 Å². The van der Waals surface area contributed by atoms with Gasteiger partial charge in [0.2, 0.25) is 0 Å². The molecule has 0 saturated carbocycles. The minimum absolute atomic E-state index is 0.0735. The zero-order valence-electron chi connectivity index (χ0n) is 6.19. The molecule has 0 aromatic carbocycles. The fraction of sp³-hybridized carbons (Fsp3) is 0.833. The maximum absolute atomic E-state index is 7.05. The van der Waals surface area contributed by atoms with Crippen molar-refractivity contribution in [3.63, 3.8) is 0 Å². The van der Waals surface area contributed by atoms with Crippen molar-refractivity contribution in [2.45, 2.75) is 26.4 Å². The van der Waals surface area contributed by atoms with Crippen molar-refractivity contribution in [3.05, 3.63) is 0 Å². The molecule has 0 aromatic heterocycles. The average molecular weight is 130 g/mol. The van der Waals surface area contributed by atoms with Crippen LogP contribution in [-0.2, 0) is 4.74 Å². The van der Waals surface area contributed by atoms with Crippen LogP contribution in [0.3, 0.4) is 0 Å². The number of ether oxygens (including phenoxy) is 1. The maximum Gasteiger partial charge on any atom is 0.123 e. The highest BCUT2D eigenvalue weighted by atomic mass is 16.5. The third-order valence-electron chi connectivity index (χ3n) is 1.15. The van der Waals surface area contributed by atoms with Gasteiger partial charge in [0, 0.05) is 6.61 Å². The predicted molar refractivity (Wildman–Crippen MR) is 37.6 cm³/mol. The van der Waals surface area contributed by atoms with Crippen LogP contribution < -0.4 is 5.73 Å². The van der Waals surface area contributed by atoms with Gasteiger partial charge in [-0.1, -0.05) is 0 Å².